The lowest BCUT2D eigenvalue weighted by Gasteiger charge is -2.26. The fourth-order valence-electron chi connectivity index (χ4n) is 1.34. The molecule has 1 heterocycles. The molecule has 0 radical (unpaired) electrons. The maximum atomic E-state index is 5.27. The minimum Gasteiger partial charge on any atom is -0.379 e. The van der Waals surface area contributed by atoms with Gasteiger partial charge in [0.05, 0.1) is 13.2 Å². The molecule has 0 atom stereocenters. The summed E-state index contributed by atoms with van der Waals surface area (Å²) in [6.45, 7) is 10.6. The third kappa shape index (κ3) is 4.04. The smallest absolute Gasteiger partial charge is 0.0594 e. The Morgan fingerprint density at radius 1 is 1.42 bits per heavy atom. The Hall–Kier alpha value is -0.120. The lowest BCUT2D eigenvalue weighted by molar-refractivity contribution is 0.0382. The van der Waals surface area contributed by atoms with Crippen molar-refractivity contribution in [3.05, 3.63) is 0 Å². The van der Waals surface area contributed by atoms with E-state index in [1.165, 1.54) is 0 Å². The largest absolute Gasteiger partial charge is 0.379 e. The van der Waals surface area contributed by atoms with E-state index in [9.17, 15) is 0 Å². The fraction of sp³-hybridized carbons (Fsp3) is 1.00. The molecule has 1 aliphatic rings. The maximum Gasteiger partial charge on any atom is 0.0594 e. The van der Waals surface area contributed by atoms with Crippen LogP contribution in [0.1, 0.15) is 15.3 Å². The number of morpholine rings is 1. The van der Waals surface area contributed by atoms with Crippen LogP contribution >= 0.6 is 0 Å². The van der Waals surface area contributed by atoms with Gasteiger partial charge in [-0.05, 0) is 0 Å². The zero-order valence-corrected chi connectivity index (χ0v) is 8.18. The van der Waals surface area contributed by atoms with Crippen molar-refractivity contribution in [3.8, 4) is 0 Å². The van der Waals surface area contributed by atoms with E-state index in [1.807, 2.05) is 0 Å². The van der Waals surface area contributed by atoms with Gasteiger partial charge in [-0.15, -0.1) is 0 Å². The highest BCUT2D eigenvalue weighted by atomic mass is 16.5. The van der Waals surface area contributed by atoms with Gasteiger partial charge in [0.15, 0.2) is 0 Å². The summed E-state index contributed by atoms with van der Waals surface area (Å²) in [5.41, 5.74) is 0. The second-order valence-corrected chi connectivity index (χ2v) is 3.56. The van der Waals surface area contributed by atoms with E-state index in [1.54, 1.807) is 0 Å². The van der Waals surface area contributed by atoms with Gasteiger partial charge in [-0.25, -0.2) is 0 Å². The minimum atomic E-state index is 0. The average molecular weight is 174 g/mol. The zero-order chi connectivity index (χ0) is 8.81. The van der Waals surface area contributed by atoms with Crippen LogP contribution in [-0.4, -0.2) is 50.3 Å². The molecule has 3 heteroatoms. The molecular weight excluding hydrogens is 152 g/mol. The van der Waals surface area contributed by atoms with Crippen molar-refractivity contribution in [3.63, 3.8) is 0 Å². The van der Waals surface area contributed by atoms with Crippen LogP contribution in [0.25, 0.3) is 0 Å². The van der Waals surface area contributed by atoms with Gasteiger partial charge >= 0.3 is 0 Å². The van der Waals surface area contributed by atoms with E-state index in [0.29, 0.717) is 6.04 Å². The van der Waals surface area contributed by atoms with Crippen molar-refractivity contribution < 1.29 is 6.16 Å². The standard InChI is InChI=1S/C9H20N2O.H2/c1-9(2)10-3-4-11-5-7-12-8-6-11;/h9-10H,3-8H2,1-2H3;1H. The van der Waals surface area contributed by atoms with Crippen LogP contribution in [0.5, 0.6) is 0 Å². The molecule has 12 heavy (non-hydrogen) atoms. The summed E-state index contributed by atoms with van der Waals surface area (Å²) in [5, 5.41) is 3.41. The number of rotatable bonds is 4. The van der Waals surface area contributed by atoms with Crippen molar-refractivity contribution in [2.75, 3.05) is 39.4 Å². The number of hydrogen-bond donors (Lipinski definition) is 1. The van der Waals surface area contributed by atoms with Crippen LogP contribution in [-0.2, 0) is 4.74 Å². The van der Waals surface area contributed by atoms with E-state index in [0.717, 1.165) is 39.4 Å². The first-order chi connectivity index (χ1) is 5.79. The van der Waals surface area contributed by atoms with E-state index in [-0.39, 0.29) is 1.43 Å². The Labute approximate surface area is 76.6 Å². The van der Waals surface area contributed by atoms with E-state index < -0.39 is 0 Å². The predicted molar refractivity (Wildman–Crippen MR) is 52.5 cm³/mol. The topological polar surface area (TPSA) is 24.5 Å². The fourth-order valence-corrected chi connectivity index (χ4v) is 1.34. The molecule has 0 bridgehead atoms. The van der Waals surface area contributed by atoms with E-state index in [2.05, 4.69) is 24.1 Å². The van der Waals surface area contributed by atoms with Gasteiger partial charge in [0.25, 0.3) is 0 Å². The maximum absolute atomic E-state index is 5.27. The molecule has 0 saturated carbocycles. The first-order valence-electron chi connectivity index (χ1n) is 4.82. The summed E-state index contributed by atoms with van der Waals surface area (Å²) in [5.74, 6) is 0. The van der Waals surface area contributed by atoms with Crippen molar-refractivity contribution in [1.82, 2.24) is 10.2 Å². The van der Waals surface area contributed by atoms with Crippen molar-refractivity contribution >= 4 is 0 Å². The minimum absolute atomic E-state index is 0. The summed E-state index contributed by atoms with van der Waals surface area (Å²) < 4.78 is 5.27. The van der Waals surface area contributed by atoms with Crippen LogP contribution in [0.2, 0.25) is 0 Å². The molecule has 0 spiro atoms. The average Bonchev–Trinajstić information content (AvgIpc) is 2.05. The Morgan fingerprint density at radius 2 is 2.08 bits per heavy atom. The summed E-state index contributed by atoms with van der Waals surface area (Å²) >= 11 is 0. The van der Waals surface area contributed by atoms with Gasteiger partial charge in [-0.1, -0.05) is 13.8 Å². The molecular formula is C9H22N2O. The second kappa shape index (κ2) is 5.51. The normalized spacial score (nSPS) is 20.2. The van der Waals surface area contributed by atoms with Gasteiger partial charge in [-0.2, -0.15) is 0 Å². The summed E-state index contributed by atoms with van der Waals surface area (Å²) in [7, 11) is 0. The lowest BCUT2D eigenvalue weighted by atomic mass is 10.3. The Bertz CT molecular complexity index is 116. The van der Waals surface area contributed by atoms with Gasteiger partial charge in [0.2, 0.25) is 0 Å². The number of nitrogens with zero attached hydrogens (tertiary/aromatic N) is 1. The van der Waals surface area contributed by atoms with Crippen LogP contribution in [0, 0.1) is 0 Å². The molecule has 3 nitrogen and oxygen atoms in total. The third-order valence-electron chi connectivity index (χ3n) is 2.08. The van der Waals surface area contributed by atoms with Gasteiger partial charge < -0.3 is 10.1 Å². The van der Waals surface area contributed by atoms with E-state index >= 15 is 0 Å². The summed E-state index contributed by atoms with van der Waals surface area (Å²) in [6, 6.07) is 0.603. The Kier molecular flexibility index (Phi) is 4.58. The first-order valence-corrected chi connectivity index (χ1v) is 4.82. The van der Waals surface area contributed by atoms with Crippen molar-refractivity contribution in [1.29, 1.82) is 0 Å². The molecule has 0 unspecified atom stereocenters. The van der Waals surface area contributed by atoms with Crippen LogP contribution in [0.4, 0.5) is 0 Å². The molecule has 0 amide bonds. The van der Waals surface area contributed by atoms with Crippen LogP contribution in [0.3, 0.4) is 0 Å². The van der Waals surface area contributed by atoms with E-state index in [4.69, 9.17) is 4.74 Å². The highest BCUT2D eigenvalue weighted by Gasteiger charge is 2.08. The van der Waals surface area contributed by atoms with Gasteiger partial charge in [-0.3, -0.25) is 4.90 Å². The zero-order valence-electron chi connectivity index (χ0n) is 8.18. The molecule has 0 aromatic heterocycles. The Morgan fingerprint density at radius 3 is 2.67 bits per heavy atom. The number of nitrogens with one attached hydrogen (secondary N) is 1. The number of ether oxygens (including phenoxy) is 1. The molecule has 0 aromatic carbocycles. The summed E-state index contributed by atoms with van der Waals surface area (Å²) in [4.78, 5) is 2.44. The van der Waals surface area contributed by atoms with Crippen LogP contribution < -0.4 is 5.32 Å². The molecule has 1 aliphatic heterocycles. The molecule has 1 fully saturated rings. The van der Waals surface area contributed by atoms with Gasteiger partial charge in [0, 0.05) is 33.6 Å². The molecule has 74 valence electrons. The van der Waals surface area contributed by atoms with Crippen LogP contribution in [0.15, 0.2) is 0 Å². The SMILES string of the molecule is CC(C)NCCN1CCOCC1.[HH]. The second-order valence-electron chi connectivity index (χ2n) is 3.56. The predicted octanol–water partition coefficient (Wildman–Crippen LogP) is 0.563. The highest BCUT2D eigenvalue weighted by molar-refractivity contribution is 4.63. The number of hydrogen-bond acceptors (Lipinski definition) is 3. The molecule has 1 N–H and O–H groups in total. The molecule has 0 aliphatic carbocycles. The summed E-state index contributed by atoms with van der Waals surface area (Å²) in [6.07, 6.45) is 0. The monoisotopic (exact) mass is 174 g/mol. The van der Waals surface area contributed by atoms with Gasteiger partial charge in [0.1, 0.15) is 0 Å². The molecule has 0 aromatic rings. The van der Waals surface area contributed by atoms with Crippen molar-refractivity contribution in [2.45, 2.75) is 19.9 Å². The first kappa shape index (κ1) is 9.96. The lowest BCUT2D eigenvalue weighted by Crippen LogP contribution is -2.41. The molecule has 1 rings (SSSR count). The highest BCUT2D eigenvalue weighted by Crippen LogP contribution is 1.94. The Balaban J connectivity index is 0.00000144. The quantitative estimate of drug-likeness (QED) is 0.674. The third-order valence-corrected chi connectivity index (χ3v) is 2.08. The molecule has 1 saturated heterocycles. The van der Waals surface area contributed by atoms with Crippen molar-refractivity contribution in [2.24, 2.45) is 0 Å².